The number of halogens is 3. The van der Waals surface area contributed by atoms with Crippen LogP contribution in [0.15, 0.2) is 12.3 Å². The van der Waals surface area contributed by atoms with Crippen molar-refractivity contribution in [3.05, 3.63) is 18.1 Å². The fourth-order valence-electron chi connectivity index (χ4n) is 3.39. The summed E-state index contributed by atoms with van der Waals surface area (Å²) in [5, 5.41) is 14.5. The minimum atomic E-state index is -4.83. The van der Waals surface area contributed by atoms with Gasteiger partial charge in [-0.2, -0.15) is 13.2 Å². The number of hydrogen-bond acceptors (Lipinski definition) is 5. The van der Waals surface area contributed by atoms with Crippen LogP contribution in [0.1, 0.15) is 32.1 Å². The Labute approximate surface area is 147 Å². The topological polar surface area (TPSA) is 74.3 Å². The summed E-state index contributed by atoms with van der Waals surface area (Å²) in [4.78, 5) is 3.89. The van der Waals surface area contributed by atoms with Crippen LogP contribution < -0.4 is 4.74 Å². The number of hydrogen-bond donors (Lipinski definition) is 1. The molecule has 0 aromatic carbocycles. The Hall–Kier alpha value is -2.07. The van der Waals surface area contributed by atoms with E-state index in [0.29, 0.717) is 37.0 Å². The highest BCUT2D eigenvalue weighted by atomic mass is 19.4. The Kier molecular flexibility index (Phi) is 3.81. The molecule has 26 heavy (non-hydrogen) atoms. The van der Waals surface area contributed by atoms with Gasteiger partial charge in [0.1, 0.15) is 6.10 Å². The fraction of sp³-hybridized carbons (Fsp3) is 0.625. The third-order valence-electron chi connectivity index (χ3n) is 4.86. The molecule has 1 fully saturated rings. The number of alkyl halides is 3. The molecule has 142 valence electrons. The van der Waals surface area contributed by atoms with Crippen molar-refractivity contribution < 1.29 is 27.8 Å². The van der Waals surface area contributed by atoms with E-state index < -0.39 is 17.6 Å². The molecule has 3 atom stereocenters. The minimum absolute atomic E-state index is 0.0733. The zero-order chi connectivity index (χ0) is 18.7. The first kappa shape index (κ1) is 17.3. The van der Waals surface area contributed by atoms with Crippen LogP contribution in [0.25, 0.3) is 11.4 Å². The van der Waals surface area contributed by atoms with E-state index >= 15 is 0 Å². The SMILES string of the molecule is C[C@H]1Cn2nc(O[C@@H]3CCOC3)cc2-c2cnc(C(C)(O)C(F)(F)F)n21. The zero-order valence-electron chi connectivity index (χ0n) is 14.3. The number of rotatable bonds is 3. The first-order valence-electron chi connectivity index (χ1n) is 8.38. The van der Waals surface area contributed by atoms with Crippen LogP contribution >= 0.6 is 0 Å². The number of nitrogens with zero attached hydrogens (tertiary/aromatic N) is 4. The number of aliphatic hydroxyl groups is 1. The van der Waals surface area contributed by atoms with E-state index in [-0.39, 0.29) is 12.1 Å². The number of ether oxygens (including phenoxy) is 2. The van der Waals surface area contributed by atoms with Crippen LogP contribution in [-0.2, 0) is 16.9 Å². The molecule has 0 spiro atoms. The number of fused-ring (bicyclic) bond motifs is 3. The second-order valence-corrected chi connectivity index (χ2v) is 6.91. The first-order chi connectivity index (χ1) is 12.2. The van der Waals surface area contributed by atoms with Crippen molar-refractivity contribution in [3.63, 3.8) is 0 Å². The maximum Gasteiger partial charge on any atom is 0.424 e. The Morgan fingerprint density at radius 3 is 2.77 bits per heavy atom. The summed E-state index contributed by atoms with van der Waals surface area (Å²) in [6.07, 6.45) is -2.80. The molecule has 7 nitrogen and oxygen atoms in total. The van der Waals surface area contributed by atoms with Gasteiger partial charge in [-0.15, -0.1) is 5.10 Å². The molecular weight excluding hydrogens is 353 g/mol. The predicted molar refractivity (Wildman–Crippen MR) is 83.6 cm³/mol. The van der Waals surface area contributed by atoms with Gasteiger partial charge in [-0.05, 0) is 13.8 Å². The average Bonchev–Trinajstić information content (AvgIpc) is 3.24. The lowest BCUT2D eigenvalue weighted by atomic mass is 10.0. The largest absolute Gasteiger partial charge is 0.471 e. The molecule has 2 aliphatic rings. The molecule has 0 saturated carbocycles. The summed E-state index contributed by atoms with van der Waals surface area (Å²) in [7, 11) is 0. The second-order valence-electron chi connectivity index (χ2n) is 6.91. The van der Waals surface area contributed by atoms with E-state index in [0.717, 1.165) is 13.3 Å². The Balaban J connectivity index is 1.72. The van der Waals surface area contributed by atoms with Crippen molar-refractivity contribution in [2.45, 2.75) is 50.7 Å². The zero-order valence-corrected chi connectivity index (χ0v) is 14.3. The highest BCUT2D eigenvalue weighted by molar-refractivity contribution is 5.58. The van der Waals surface area contributed by atoms with Gasteiger partial charge in [-0.25, -0.2) is 4.98 Å². The average molecular weight is 372 g/mol. The maximum atomic E-state index is 13.3. The third-order valence-corrected chi connectivity index (χ3v) is 4.86. The fourth-order valence-corrected chi connectivity index (χ4v) is 3.39. The Bertz CT molecular complexity index is 821. The van der Waals surface area contributed by atoms with Crippen molar-refractivity contribution in [2.75, 3.05) is 13.2 Å². The lowest BCUT2D eigenvalue weighted by molar-refractivity contribution is -0.262. The van der Waals surface area contributed by atoms with E-state index in [9.17, 15) is 18.3 Å². The normalized spacial score (nSPS) is 24.8. The molecule has 1 N–H and O–H groups in total. The van der Waals surface area contributed by atoms with E-state index in [1.807, 2.05) is 0 Å². The molecule has 1 unspecified atom stereocenters. The van der Waals surface area contributed by atoms with Gasteiger partial charge in [-0.3, -0.25) is 4.68 Å². The lowest BCUT2D eigenvalue weighted by Gasteiger charge is -2.31. The van der Waals surface area contributed by atoms with Crippen LogP contribution in [0.3, 0.4) is 0 Å². The summed E-state index contributed by atoms with van der Waals surface area (Å²) in [5.41, 5.74) is -1.97. The highest BCUT2D eigenvalue weighted by Gasteiger charge is 2.55. The van der Waals surface area contributed by atoms with E-state index in [1.54, 1.807) is 17.7 Å². The third kappa shape index (κ3) is 2.59. The molecule has 4 heterocycles. The molecule has 0 bridgehead atoms. The summed E-state index contributed by atoms with van der Waals surface area (Å²) < 4.78 is 54.0. The predicted octanol–water partition coefficient (Wildman–Crippen LogP) is 2.26. The molecule has 0 radical (unpaired) electrons. The molecule has 1 saturated heterocycles. The smallest absolute Gasteiger partial charge is 0.424 e. The maximum absolute atomic E-state index is 13.3. The summed E-state index contributed by atoms with van der Waals surface area (Å²) in [6.45, 7) is 3.96. The Morgan fingerprint density at radius 1 is 1.35 bits per heavy atom. The summed E-state index contributed by atoms with van der Waals surface area (Å²) >= 11 is 0. The van der Waals surface area contributed by atoms with Gasteiger partial charge in [0.15, 0.2) is 5.82 Å². The minimum Gasteiger partial charge on any atom is -0.471 e. The molecule has 2 aliphatic heterocycles. The lowest BCUT2D eigenvalue weighted by Crippen LogP contribution is -2.42. The van der Waals surface area contributed by atoms with Gasteiger partial charge in [0, 0.05) is 12.5 Å². The molecule has 2 aromatic rings. The van der Waals surface area contributed by atoms with E-state index in [2.05, 4.69) is 10.1 Å². The van der Waals surface area contributed by atoms with Crippen LogP contribution in [0.5, 0.6) is 5.88 Å². The monoisotopic (exact) mass is 372 g/mol. The van der Waals surface area contributed by atoms with Crippen molar-refractivity contribution in [1.82, 2.24) is 19.3 Å². The first-order valence-corrected chi connectivity index (χ1v) is 8.38. The van der Waals surface area contributed by atoms with Gasteiger partial charge in [0.2, 0.25) is 11.5 Å². The van der Waals surface area contributed by atoms with Crippen molar-refractivity contribution >= 4 is 0 Å². The van der Waals surface area contributed by atoms with Crippen LogP contribution in [0, 0.1) is 0 Å². The molecule has 0 amide bonds. The van der Waals surface area contributed by atoms with Crippen LogP contribution in [0.2, 0.25) is 0 Å². The van der Waals surface area contributed by atoms with Gasteiger partial charge < -0.3 is 19.1 Å². The van der Waals surface area contributed by atoms with Gasteiger partial charge in [0.25, 0.3) is 0 Å². The Morgan fingerprint density at radius 2 is 2.12 bits per heavy atom. The van der Waals surface area contributed by atoms with Crippen molar-refractivity contribution in [2.24, 2.45) is 0 Å². The van der Waals surface area contributed by atoms with Crippen molar-refractivity contribution in [1.29, 1.82) is 0 Å². The number of aromatic nitrogens is 4. The van der Waals surface area contributed by atoms with Crippen LogP contribution in [-0.4, -0.2) is 49.9 Å². The second kappa shape index (κ2) is 5.71. The summed E-state index contributed by atoms with van der Waals surface area (Å²) in [5.74, 6) is -0.0203. The molecular formula is C16H19F3N4O3. The molecule has 4 rings (SSSR count). The standard InChI is InChI=1S/C16H19F3N4O3/c1-9-7-22-11(5-13(21-22)26-10-3-4-25-8-10)12-6-20-14(23(9)12)15(2,24)16(17,18)19/h5-6,9-10,24H,3-4,7-8H2,1-2H3/t9-,10+,15?/m0/s1. The molecule has 0 aliphatic carbocycles. The van der Waals surface area contributed by atoms with Gasteiger partial charge >= 0.3 is 6.18 Å². The van der Waals surface area contributed by atoms with Gasteiger partial charge in [-0.1, -0.05) is 0 Å². The highest BCUT2D eigenvalue weighted by Crippen LogP contribution is 2.42. The van der Waals surface area contributed by atoms with E-state index in [4.69, 9.17) is 9.47 Å². The van der Waals surface area contributed by atoms with E-state index in [1.165, 1.54) is 10.8 Å². The van der Waals surface area contributed by atoms with Crippen molar-refractivity contribution in [3.8, 4) is 17.3 Å². The molecule has 2 aromatic heterocycles. The quantitative estimate of drug-likeness (QED) is 0.895. The summed E-state index contributed by atoms with van der Waals surface area (Å²) in [6, 6.07) is 1.33. The van der Waals surface area contributed by atoms with Gasteiger partial charge in [0.05, 0.1) is 43.4 Å². The number of imidazole rings is 1. The molecule has 10 heteroatoms. The van der Waals surface area contributed by atoms with Crippen LogP contribution in [0.4, 0.5) is 13.2 Å².